The second-order valence-electron chi connectivity index (χ2n) is 7.85. The topological polar surface area (TPSA) is 32.7 Å². The number of likely N-dealkylation sites (N-methyl/N-ethyl adjacent to an activating group) is 1. The van der Waals surface area contributed by atoms with Crippen molar-refractivity contribution in [3.8, 4) is 22.3 Å². The van der Waals surface area contributed by atoms with E-state index in [1.807, 2.05) is 7.05 Å². The number of aryl methyl sites for hydroxylation is 1. The van der Waals surface area contributed by atoms with Gasteiger partial charge in [-0.25, -0.2) is 0 Å². The Morgan fingerprint density at radius 2 is 1.11 bits per heavy atom. The monoisotopic (exact) mass is 366 g/mol. The van der Waals surface area contributed by atoms with Gasteiger partial charge in [0.05, 0.1) is 0 Å². The Hall–Kier alpha value is -3.20. The second-order valence-corrected chi connectivity index (χ2v) is 7.85. The highest BCUT2D eigenvalue weighted by atomic mass is 16.2. The Balaban J connectivity index is 1.39. The summed E-state index contributed by atoms with van der Waals surface area (Å²) in [5.41, 5.74) is 6.62. The van der Waals surface area contributed by atoms with Crippen molar-refractivity contribution in [3.05, 3.63) is 83.9 Å². The maximum absolute atomic E-state index is 12.3. The molecular formula is C25H22N2O. The second kappa shape index (κ2) is 6.16. The first-order valence-electron chi connectivity index (χ1n) is 9.72. The number of hydrogen-bond acceptors (Lipinski definition) is 2. The van der Waals surface area contributed by atoms with E-state index in [1.54, 1.807) is 4.90 Å². The van der Waals surface area contributed by atoms with Crippen molar-refractivity contribution in [3.63, 3.8) is 0 Å². The van der Waals surface area contributed by atoms with Crippen molar-refractivity contribution in [2.24, 2.45) is 4.99 Å². The number of hydrogen-bond donors (Lipinski definition) is 0. The fourth-order valence-electron chi connectivity index (χ4n) is 3.85. The summed E-state index contributed by atoms with van der Waals surface area (Å²) in [6, 6.07) is 25.6. The third-order valence-electron chi connectivity index (χ3n) is 5.81. The molecule has 28 heavy (non-hydrogen) atoms. The highest BCUT2D eigenvalue weighted by Gasteiger charge is 2.56. The molecule has 3 heteroatoms. The molecule has 2 aliphatic rings. The molecule has 0 radical (unpaired) electrons. The maximum atomic E-state index is 12.3. The lowest BCUT2D eigenvalue weighted by atomic mass is 9.99. The molecule has 0 unspecified atom stereocenters. The quantitative estimate of drug-likeness (QED) is 0.636. The van der Waals surface area contributed by atoms with Crippen LogP contribution >= 0.6 is 0 Å². The third-order valence-corrected chi connectivity index (χ3v) is 5.81. The first-order chi connectivity index (χ1) is 13.6. The lowest BCUT2D eigenvalue weighted by molar-refractivity contribution is -0.127. The predicted molar refractivity (Wildman–Crippen MR) is 113 cm³/mol. The van der Waals surface area contributed by atoms with Crippen LogP contribution in [0.25, 0.3) is 22.3 Å². The fourth-order valence-corrected chi connectivity index (χ4v) is 3.85. The smallest absolute Gasteiger partial charge is 0.255 e. The van der Waals surface area contributed by atoms with Crippen LogP contribution in [0.2, 0.25) is 0 Å². The van der Waals surface area contributed by atoms with Crippen LogP contribution in [-0.2, 0) is 4.79 Å². The Bertz CT molecular complexity index is 1070. The van der Waals surface area contributed by atoms with E-state index in [0.717, 1.165) is 29.8 Å². The van der Waals surface area contributed by atoms with Crippen LogP contribution < -0.4 is 0 Å². The van der Waals surface area contributed by atoms with Crippen LogP contribution in [0.1, 0.15) is 24.0 Å². The molecule has 0 aromatic heterocycles. The molecule has 0 saturated heterocycles. The Morgan fingerprint density at radius 1 is 0.714 bits per heavy atom. The maximum Gasteiger partial charge on any atom is 0.255 e. The van der Waals surface area contributed by atoms with E-state index in [0.29, 0.717) is 0 Å². The molecule has 1 spiro atoms. The van der Waals surface area contributed by atoms with Gasteiger partial charge in [-0.15, -0.1) is 0 Å². The summed E-state index contributed by atoms with van der Waals surface area (Å²) in [6.07, 6.45) is 1.76. The largest absolute Gasteiger partial charge is 0.298 e. The van der Waals surface area contributed by atoms with Gasteiger partial charge in [-0.2, -0.15) is 0 Å². The van der Waals surface area contributed by atoms with Crippen LogP contribution in [-0.4, -0.2) is 29.2 Å². The molecule has 138 valence electrons. The van der Waals surface area contributed by atoms with Crippen molar-refractivity contribution < 1.29 is 4.79 Å². The zero-order chi connectivity index (χ0) is 19.3. The van der Waals surface area contributed by atoms with E-state index in [4.69, 9.17) is 4.99 Å². The zero-order valence-electron chi connectivity index (χ0n) is 16.1. The van der Waals surface area contributed by atoms with E-state index < -0.39 is 5.54 Å². The van der Waals surface area contributed by atoms with Gasteiger partial charge in [-0.1, -0.05) is 78.4 Å². The van der Waals surface area contributed by atoms with Crippen molar-refractivity contribution >= 4 is 11.7 Å². The summed E-state index contributed by atoms with van der Waals surface area (Å²) >= 11 is 0. The van der Waals surface area contributed by atoms with E-state index in [-0.39, 0.29) is 5.91 Å². The van der Waals surface area contributed by atoms with Crippen LogP contribution in [0.15, 0.2) is 77.8 Å². The molecule has 3 aromatic rings. The molecule has 3 aromatic carbocycles. The van der Waals surface area contributed by atoms with Crippen LogP contribution in [0.3, 0.4) is 0 Å². The fraction of sp³-hybridized carbons (Fsp3) is 0.200. The minimum Gasteiger partial charge on any atom is -0.298 e. The summed E-state index contributed by atoms with van der Waals surface area (Å²) in [6.45, 7) is 2.10. The number of carbonyl (C=O) groups excluding carboxylic acids is 1. The molecule has 1 aliphatic carbocycles. The number of amidine groups is 1. The molecule has 1 aliphatic heterocycles. The van der Waals surface area contributed by atoms with Crippen molar-refractivity contribution in [2.75, 3.05) is 7.05 Å². The zero-order valence-corrected chi connectivity index (χ0v) is 16.1. The number of benzene rings is 3. The van der Waals surface area contributed by atoms with E-state index in [2.05, 4.69) is 79.7 Å². The number of carbonyl (C=O) groups is 1. The molecule has 1 fully saturated rings. The van der Waals surface area contributed by atoms with Crippen LogP contribution in [0.5, 0.6) is 0 Å². The van der Waals surface area contributed by atoms with E-state index >= 15 is 0 Å². The predicted octanol–water partition coefficient (Wildman–Crippen LogP) is 5.08. The van der Waals surface area contributed by atoms with E-state index in [1.165, 1.54) is 22.3 Å². The molecule has 1 saturated carbocycles. The SMILES string of the molecule is Cc1ccc(-c2ccc(-c3ccc(C4=NC5(CC5)C(=O)N4C)cc3)cc2)cc1. The molecule has 0 N–H and O–H groups in total. The molecule has 0 atom stereocenters. The number of nitrogens with zero attached hydrogens (tertiary/aromatic N) is 2. The Kier molecular flexibility index (Phi) is 3.73. The van der Waals surface area contributed by atoms with Gasteiger partial charge in [0.1, 0.15) is 11.4 Å². The molecule has 1 heterocycles. The first kappa shape index (κ1) is 16.9. The summed E-state index contributed by atoms with van der Waals surface area (Å²) in [4.78, 5) is 18.8. The minimum absolute atomic E-state index is 0.137. The van der Waals surface area contributed by atoms with Gasteiger partial charge in [0.15, 0.2) is 0 Å². The highest BCUT2D eigenvalue weighted by Crippen LogP contribution is 2.45. The van der Waals surface area contributed by atoms with Gasteiger partial charge < -0.3 is 0 Å². The van der Waals surface area contributed by atoms with Gasteiger partial charge in [-0.3, -0.25) is 14.7 Å². The number of amides is 1. The normalized spacial score (nSPS) is 17.1. The highest BCUT2D eigenvalue weighted by molar-refractivity contribution is 6.16. The lowest BCUT2D eigenvalue weighted by Gasteiger charge is -2.13. The summed E-state index contributed by atoms with van der Waals surface area (Å²) < 4.78 is 0. The Labute approximate surface area is 165 Å². The van der Waals surface area contributed by atoms with Gasteiger partial charge in [0, 0.05) is 12.6 Å². The van der Waals surface area contributed by atoms with Crippen molar-refractivity contribution in [1.82, 2.24) is 4.90 Å². The van der Waals surface area contributed by atoms with Gasteiger partial charge in [0.2, 0.25) is 0 Å². The molecule has 3 nitrogen and oxygen atoms in total. The third kappa shape index (κ3) is 2.75. The summed E-state index contributed by atoms with van der Waals surface area (Å²) in [5.74, 6) is 0.932. The van der Waals surface area contributed by atoms with Crippen LogP contribution in [0.4, 0.5) is 0 Å². The molecule has 1 amide bonds. The van der Waals surface area contributed by atoms with Crippen LogP contribution in [0, 0.1) is 6.92 Å². The van der Waals surface area contributed by atoms with Gasteiger partial charge >= 0.3 is 0 Å². The average molecular weight is 366 g/mol. The van der Waals surface area contributed by atoms with Crippen molar-refractivity contribution in [1.29, 1.82) is 0 Å². The van der Waals surface area contributed by atoms with Gasteiger partial charge in [0.25, 0.3) is 5.91 Å². The lowest BCUT2D eigenvalue weighted by Crippen LogP contribution is -2.32. The summed E-state index contributed by atoms with van der Waals surface area (Å²) in [5, 5.41) is 0. The number of rotatable bonds is 3. The number of aliphatic imine (C=N–C) groups is 1. The molecule has 5 rings (SSSR count). The molecule has 0 bridgehead atoms. The first-order valence-corrected chi connectivity index (χ1v) is 9.72. The Morgan fingerprint density at radius 3 is 1.50 bits per heavy atom. The minimum atomic E-state index is -0.436. The molecular weight excluding hydrogens is 344 g/mol. The van der Waals surface area contributed by atoms with Gasteiger partial charge in [-0.05, 0) is 42.0 Å². The standard InChI is InChI=1S/C25H22N2O/c1-17-3-5-18(6-4-17)19-7-9-20(10-8-19)21-11-13-22(14-12-21)23-26-25(15-16-25)24(28)27(23)2/h3-14H,15-16H2,1-2H3. The summed E-state index contributed by atoms with van der Waals surface area (Å²) in [7, 11) is 1.83. The average Bonchev–Trinajstić information content (AvgIpc) is 3.48. The van der Waals surface area contributed by atoms with E-state index in [9.17, 15) is 4.79 Å². The van der Waals surface area contributed by atoms with Crippen molar-refractivity contribution in [2.45, 2.75) is 25.3 Å².